The second kappa shape index (κ2) is 4.40. The van der Waals surface area contributed by atoms with Gasteiger partial charge in [0.25, 0.3) is 0 Å². The highest BCUT2D eigenvalue weighted by Crippen LogP contribution is 2.01. The first-order valence-corrected chi connectivity index (χ1v) is 3.41. The summed E-state index contributed by atoms with van der Waals surface area (Å²) >= 11 is 6.24. The largest absolute Gasteiger partial charge is 0.482 e. The van der Waals surface area contributed by atoms with Crippen LogP contribution in [0.3, 0.4) is 0 Å². The fraction of sp³-hybridized carbons (Fsp3) is 0.750. The van der Waals surface area contributed by atoms with Gasteiger partial charge in [0, 0.05) is 0 Å². The number of methoxy groups -OCH3 is 1. The molecule has 0 radical (unpaired) electrons. The van der Waals surface area contributed by atoms with Crippen molar-refractivity contribution >= 4 is 28.4 Å². The summed E-state index contributed by atoms with van der Waals surface area (Å²) in [5.41, 5.74) is 0. The van der Waals surface area contributed by atoms with Gasteiger partial charge in [0.05, 0.1) is 7.11 Å². The Kier molecular flexibility index (Phi) is 4.55. The van der Waals surface area contributed by atoms with Crippen LogP contribution in [0.1, 0.15) is 6.92 Å². The van der Waals surface area contributed by atoms with Crippen molar-refractivity contribution in [2.45, 2.75) is 6.92 Å². The van der Waals surface area contributed by atoms with Crippen LogP contribution < -0.4 is 0 Å². The zero-order valence-corrected chi connectivity index (χ0v) is 6.06. The van der Waals surface area contributed by atoms with Gasteiger partial charge in [0.1, 0.15) is 0 Å². The Balaban J connectivity index is 3.00. The third-order valence-corrected chi connectivity index (χ3v) is 1.64. The van der Waals surface area contributed by atoms with E-state index >= 15 is 0 Å². The van der Waals surface area contributed by atoms with E-state index in [1.54, 1.807) is 18.9 Å². The van der Waals surface area contributed by atoms with Crippen LogP contribution >= 0.6 is 24.0 Å². The molecule has 0 aliphatic carbocycles. The first-order chi connectivity index (χ1) is 3.31. The first-order valence-electron chi connectivity index (χ1n) is 2.02. The number of ether oxygens (including phenoxy) is 1. The van der Waals surface area contributed by atoms with Crippen LogP contribution in [-0.4, -0.2) is 17.2 Å². The van der Waals surface area contributed by atoms with Crippen LogP contribution in [0.4, 0.5) is 0 Å². The normalized spacial score (nSPS) is 8.29. The Morgan fingerprint density at radius 2 is 2.43 bits per heavy atom. The number of hydrogen-bond donors (Lipinski definition) is 0. The summed E-state index contributed by atoms with van der Waals surface area (Å²) in [4.78, 5) is 0. The summed E-state index contributed by atoms with van der Waals surface area (Å²) in [5.74, 6) is 0.993. The molecule has 0 spiro atoms. The third-order valence-electron chi connectivity index (χ3n) is 0.429. The average Bonchev–Trinajstić information content (AvgIpc) is 1.68. The summed E-state index contributed by atoms with van der Waals surface area (Å²) in [6.07, 6.45) is 0. The van der Waals surface area contributed by atoms with Crippen molar-refractivity contribution in [3.05, 3.63) is 0 Å². The quantitative estimate of drug-likeness (QED) is 0.507. The molecular weight excluding hydrogens is 128 g/mol. The lowest BCUT2D eigenvalue weighted by Gasteiger charge is -1.94. The van der Waals surface area contributed by atoms with Crippen molar-refractivity contribution in [3.63, 3.8) is 0 Å². The highest BCUT2D eigenvalue weighted by molar-refractivity contribution is 8.22. The van der Waals surface area contributed by atoms with Crippen molar-refractivity contribution in [2.24, 2.45) is 0 Å². The van der Waals surface area contributed by atoms with Gasteiger partial charge in [-0.2, -0.15) is 0 Å². The molecule has 42 valence electrons. The monoisotopic (exact) mass is 136 g/mol. The van der Waals surface area contributed by atoms with Crippen molar-refractivity contribution in [2.75, 3.05) is 12.9 Å². The fourth-order valence-corrected chi connectivity index (χ4v) is 0.884. The van der Waals surface area contributed by atoms with E-state index in [1.165, 1.54) is 0 Å². The van der Waals surface area contributed by atoms with Gasteiger partial charge in [-0.15, -0.1) is 0 Å². The molecule has 0 bridgehead atoms. The maximum atomic E-state index is 4.70. The van der Waals surface area contributed by atoms with Crippen molar-refractivity contribution in [3.8, 4) is 0 Å². The summed E-state index contributed by atoms with van der Waals surface area (Å²) in [6.45, 7) is 2.04. The van der Waals surface area contributed by atoms with Crippen molar-refractivity contribution < 1.29 is 4.74 Å². The zero-order valence-electron chi connectivity index (χ0n) is 4.43. The van der Waals surface area contributed by atoms with E-state index < -0.39 is 0 Å². The zero-order chi connectivity index (χ0) is 5.70. The van der Waals surface area contributed by atoms with Crippen molar-refractivity contribution in [1.82, 2.24) is 0 Å². The van der Waals surface area contributed by atoms with E-state index in [-0.39, 0.29) is 0 Å². The van der Waals surface area contributed by atoms with Crippen LogP contribution in [0.2, 0.25) is 0 Å². The number of hydrogen-bond acceptors (Lipinski definition) is 3. The Morgan fingerprint density at radius 1 is 1.86 bits per heavy atom. The van der Waals surface area contributed by atoms with Crippen LogP contribution in [0, 0.1) is 0 Å². The molecule has 0 aromatic rings. The number of thioether (sulfide) groups is 1. The van der Waals surface area contributed by atoms with Gasteiger partial charge >= 0.3 is 0 Å². The topological polar surface area (TPSA) is 9.23 Å². The van der Waals surface area contributed by atoms with Gasteiger partial charge in [0.15, 0.2) is 0 Å². The van der Waals surface area contributed by atoms with Crippen LogP contribution in [-0.2, 0) is 4.74 Å². The standard InChI is InChI=1S/C4H8OS2/c1-3-7-4(6)5-2/h3H2,1-2H3. The molecule has 1 nitrogen and oxygen atoms in total. The SMILES string of the molecule is CCSC(=S)OC. The Hall–Kier alpha value is 0.240. The first kappa shape index (κ1) is 7.24. The van der Waals surface area contributed by atoms with Gasteiger partial charge in [-0.25, -0.2) is 0 Å². The molecule has 0 N–H and O–H groups in total. The fourth-order valence-electron chi connectivity index (χ4n) is 0.177. The van der Waals surface area contributed by atoms with Gasteiger partial charge < -0.3 is 4.74 Å². The molecular formula is C4H8OS2. The molecule has 0 aliphatic rings. The van der Waals surface area contributed by atoms with E-state index in [2.05, 4.69) is 4.74 Å². The Labute approximate surface area is 53.4 Å². The molecule has 3 heteroatoms. The number of thiocarbonyl (C=S) groups is 1. The Morgan fingerprint density at radius 3 is 2.57 bits per heavy atom. The van der Waals surface area contributed by atoms with E-state index in [0.717, 1.165) is 5.75 Å². The minimum absolute atomic E-state index is 0.627. The van der Waals surface area contributed by atoms with Crippen LogP contribution in [0.25, 0.3) is 0 Å². The summed E-state index contributed by atoms with van der Waals surface area (Å²) in [7, 11) is 1.59. The average molecular weight is 136 g/mol. The molecule has 0 fully saturated rings. The van der Waals surface area contributed by atoms with E-state index in [9.17, 15) is 0 Å². The minimum Gasteiger partial charge on any atom is -0.482 e. The summed E-state index contributed by atoms with van der Waals surface area (Å²) in [6, 6.07) is 0. The Bertz CT molecular complexity index is 62.7. The maximum absolute atomic E-state index is 4.70. The lowest BCUT2D eigenvalue weighted by atomic mass is 11.0. The van der Waals surface area contributed by atoms with Gasteiger partial charge in [0.2, 0.25) is 4.38 Å². The molecule has 0 aromatic heterocycles. The molecule has 0 rings (SSSR count). The van der Waals surface area contributed by atoms with Gasteiger partial charge in [-0.05, 0) is 18.0 Å². The maximum Gasteiger partial charge on any atom is 0.219 e. The van der Waals surface area contributed by atoms with Gasteiger partial charge in [-0.1, -0.05) is 18.7 Å². The molecule has 0 saturated heterocycles. The minimum atomic E-state index is 0.627. The smallest absolute Gasteiger partial charge is 0.219 e. The lowest BCUT2D eigenvalue weighted by Crippen LogP contribution is -1.88. The molecule has 0 atom stereocenters. The highest BCUT2D eigenvalue weighted by atomic mass is 32.2. The summed E-state index contributed by atoms with van der Waals surface area (Å²) < 4.78 is 5.31. The molecule has 0 amide bonds. The highest BCUT2D eigenvalue weighted by Gasteiger charge is 1.87. The summed E-state index contributed by atoms with van der Waals surface area (Å²) in [5, 5.41) is 0. The predicted molar refractivity (Wildman–Crippen MR) is 37.7 cm³/mol. The van der Waals surface area contributed by atoms with E-state index in [1.807, 2.05) is 6.92 Å². The lowest BCUT2D eigenvalue weighted by molar-refractivity contribution is 0.426. The molecule has 0 heterocycles. The third kappa shape index (κ3) is 4.09. The second-order valence-electron chi connectivity index (χ2n) is 0.887. The second-order valence-corrected chi connectivity index (χ2v) is 2.75. The van der Waals surface area contributed by atoms with Crippen molar-refractivity contribution in [1.29, 1.82) is 0 Å². The van der Waals surface area contributed by atoms with Crippen LogP contribution in [0.5, 0.6) is 0 Å². The molecule has 7 heavy (non-hydrogen) atoms. The molecule has 0 aliphatic heterocycles. The predicted octanol–water partition coefficient (Wildman–Crippen LogP) is 1.67. The van der Waals surface area contributed by atoms with E-state index in [4.69, 9.17) is 12.2 Å². The van der Waals surface area contributed by atoms with Crippen LogP contribution in [0.15, 0.2) is 0 Å². The molecule has 0 saturated carbocycles. The molecule has 0 aromatic carbocycles. The van der Waals surface area contributed by atoms with E-state index in [0.29, 0.717) is 4.38 Å². The number of rotatable bonds is 1. The van der Waals surface area contributed by atoms with Gasteiger partial charge in [-0.3, -0.25) is 0 Å². The molecule has 0 unspecified atom stereocenters.